The fourth-order valence-electron chi connectivity index (χ4n) is 2.43. The van der Waals surface area contributed by atoms with Crippen molar-refractivity contribution in [3.05, 3.63) is 57.7 Å². The average molecular weight is 363 g/mol. The summed E-state index contributed by atoms with van der Waals surface area (Å²) in [4.78, 5) is 14.9. The molecule has 0 radical (unpaired) electrons. The predicted molar refractivity (Wildman–Crippen MR) is 100 cm³/mol. The van der Waals surface area contributed by atoms with Gasteiger partial charge >= 0.3 is 0 Å². The number of carbonyl (C=O) groups is 1. The van der Waals surface area contributed by atoms with Crippen molar-refractivity contribution in [3.63, 3.8) is 0 Å². The number of halogens is 2. The monoisotopic (exact) mass is 362 g/mol. The van der Waals surface area contributed by atoms with Crippen molar-refractivity contribution in [2.24, 2.45) is 0 Å². The molecule has 1 amide bonds. The predicted octanol–water partition coefficient (Wildman–Crippen LogP) is 5.32. The van der Waals surface area contributed by atoms with Gasteiger partial charge in [-0.15, -0.1) is 11.3 Å². The molecule has 3 aromatic rings. The third-order valence-corrected chi connectivity index (χ3v) is 5.43. The number of nitrogens with zero attached hydrogens (tertiary/aromatic N) is 1. The van der Waals surface area contributed by atoms with E-state index >= 15 is 0 Å². The Morgan fingerprint density at radius 2 is 1.96 bits per heavy atom. The number of anilines is 2. The molecule has 2 aromatic carbocycles. The Morgan fingerprint density at radius 1 is 1.21 bits per heavy atom. The lowest BCUT2D eigenvalue weighted by molar-refractivity contribution is 0.103. The maximum atomic E-state index is 13.3. The number of rotatable bonds is 3. The molecule has 0 fully saturated rings. The van der Waals surface area contributed by atoms with E-state index in [9.17, 15) is 9.18 Å². The second kappa shape index (κ2) is 6.42. The van der Waals surface area contributed by atoms with E-state index in [1.165, 1.54) is 23.5 Å². The molecule has 0 spiro atoms. The Balaban J connectivity index is 1.92. The molecule has 0 aliphatic heterocycles. The molecule has 0 atom stereocenters. The normalized spacial score (nSPS) is 10.9. The number of fused-ring (bicyclic) bond motifs is 1. The highest BCUT2D eigenvalue weighted by Gasteiger charge is 2.18. The fourth-order valence-corrected chi connectivity index (χ4v) is 3.87. The Morgan fingerprint density at radius 3 is 2.62 bits per heavy atom. The Labute approximate surface area is 148 Å². The first kappa shape index (κ1) is 16.7. The lowest BCUT2D eigenvalue weighted by atomic mass is 10.1. The van der Waals surface area contributed by atoms with Crippen LogP contribution in [0.3, 0.4) is 0 Å². The van der Waals surface area contributed by atoms with E-state index in [0.717, 1.165) is 16.9 Å². The standard InChI is InChI=1S/C18H16ClFN2OS/c1-10-8-12(22(2)3)5-7-14(10)21-18(23)17-16(19)13-6-4-11(20)9-15(13)24-17/h4-9H,1-3H3,(H,21,23). The molecule has 0 saturated carbocycles. The molecule has 6 heteroatoms. The zero-order valence-corrected chi connectivity index (χ0v) is 15.1. The first-order chi connectivity index (χ1) is 11.4. The summed E-state index contributed by atoms with van der Waals surface area (Å²) in [6.45, 7) is 1.94. The molecule has 124 valence electrons. The van der Waals surface area contributed by atoms with Gasteiger partial charge in [-0.2, -0.15) is 0 Å². The summed E-state index contributed by atoms with van der Waals surface area (Å²) in [5.41, 5.74) is 2.74. The van der Waals surface area contributed by atoms with Gasteiger partial charge < -0.3 is 10.2 Å². The van der Waals surface area contributed by atoms with Crippen LogP contribution in [0, 0.1) is 12.7 Å². The summed E-state index contributed by atoms with van der Waals surface area (Å²) in [5.74, 6) is -0.634. The lowest BCUT2D eigenvalue weighted by Crippen LogP contribution is -2.13. The highest BCUT2D eigenvalue weighted by Crippen LogP contribution is 2.36. The minimum absolute atomic E-state index is 0.290. The molecule has 1 N–H and O–H groups in total. The first-order valence-electron chi connectivity index (χ1n) is 7.33. The molecule has 1 heterocycles. The van der Waals surface area contributed by atoms with Crippen LogP contribution in [0.25, 0.3) is 10.1 Å². The van der Waals surface area contributed by atoms with E-state index in [0.29, 0.717) is 20.0 Å². The van der Waals surface area contributed by atoms with Gasteiger partial charge in [-0.1, -0.05) is 11.6 Å². The molecule has 0 saturated heterocycles. The maximum absolute atomic E-state index is 13.3. The van der Waals surface area contributed by atoms with Crippen molar-refractivity contribution in [1.82, 2.24) is 0 Å². The first-order valence-corrected chi connectivity index (χ1v) is 8.53. The van der Waals surface area contributed by atoms with Gasteiger partial charge in [-0.05, 0) is 48.9 Å². The van der Waals surface area contributed by atoms with Crippen molar-refractivity contribution in [1.29, 1.82) is 0 Å². The summed E-state index contributed by atoms with van der Waals surface area (Å²) >= 11 is 7.48. The van der Waals surface area contributed by atoms with E-state index in [4.69, 9.17) is 11.6 Å². The van der Waals surface area contributed by atoms with Crippen molar-refractivity contribution in [2.75, 3.05) is 24.3 Å². The number of benzene rings is 2. The fraction of sp³-hybridized carbons (Fsp3) is 0.167. The van der Waals surface area contributed by atoms with Crippen LogP contribution in [0.5, 0.6) is 0 Å². The number of nitrogens with one attached hydrogen (secondary N) is 1. The molecule has 0 aliphatic carbocycles. The van der Waals surface area contributed by atoms with E-state index < -0.39 is 0 Å². The minimum atomic E-state index is -0.345. The zero-order valence-electron chi connectivity index (χ0n) is 13.5. The van der Waals surface area contributed by atoms with Crippen molar-refractivity contribution >= 4 is 50.3 Å². The molecule has 0 aliphatic rings. The summed E-state index contributed by atoms with van der Waals surface area (Å²) in [6.07, 6.45) is 0. The number of hydrogen-bond acceptors (Lipinski definition) is 3. The van der Waals surface area contributed by atoms with Crippen LogP contribution in [0.15, 0.2) is 36.4 Å². The summed E-state index contributed by atoms with van der Waals surface area (Å²) < 4.78 is 14.0. The molecule has 0 unspecified atom stereocenters. The van der Waals surface area contributed by atoms with Gasteiger partial charge in [-0.25, -0.2) is 4.39 Å². The van der Waals surface area contributed by atoms with Gasteiger partial charge in [0.2, 0.25) is 0 Å². The second-order valence-corrected chi connectivity index (χ2v) is 7.16. The smallest absolute Gasteiger partial charge is 0.267 e. The minimum Gasteiger partial charge on any atom is -0.378 e. The van der Waals surface area contributed by atoms with Gasteiger partial charge in [0.1, 0.15) is 10.7 Å². The molecule has 1 aromatic heterocycles. The summed E-state index contributed by atoms with van der Waals surface area (Å²) in [5, 5.41) is 3.93. The molecule has 24 heavy (non-hydrogen) atoms. The van der Waals surface area contributed by atoms with E-state index in [1.54, 1.807) is 6.07 Å². The summed E-state index contributed by atoms with van der Waals surface area (Å²) in [6, 6.07) is 10.1. The topological polar surface area (TPSA) is 32.3 Å². The number of hydrogen-bond donors (Lipinski definition) is 1. The van der Waals surface area contributed by atoms with E-state index in [1.807, 2.05) is 44.1 Å². The molecule has 3 nitrogen and oxygen atoms in total. The zero-order chi connectivity index (χ0) is 17.4. The molecule has 3 rings (SSSR count). The van der Waals surface area contributed by atoms with Crippen LogP contribution in [0.1, 0.15) is 15.2 Å². The van der Waals surface area contributed by atoms with E-state index in [2.05, 4.69) is 5.32 Å². The van der Waals surface area contributed by atoms with Crippen molar-refractivity contribution in [2.45, 2.75) is 6.92 Å². The third kappa shape index (κ3) is 3.09. The molecular weight excluding hydrogens is 347 g/mol. The van der Waals surface area contributed by atoms with Crippen LogP contribution < -0.4 is 10.2 Å². The van der Waals surface area contributed by atoms with Crippen LogP contribution in [0.4, 0.5) is 15.8 Å². The quantitative estimate of drug-likeness (QED) is 0.683. The SMILES string of the molecule is Cc1cc(N(C)C)ccc1NC(=O)c1sc2cc(F)ccc2c1Cl. The Hall–Kier alpha value is -2.11. The Bertz CT molecular complexity index is 936. The largest absolute Gasteiger partial charge is 0.378 e. The van der Waals surface area contributed by atoms with Crippen LogP contribution in [0.2, 0.25) is 5.02 Å². The number of thiophene rings is 1. The maximum Gasteiger partial charge on any atom is 0.267 e. The highest BCUT2D eigenvalue weighted by molar-refractivity contribution is 7.21. The number of amides is 1. The molecule has 0 bridgehead atoms. The van der Waals surface area contributed by atoms with E-state index in [-0.39, 0.29) is 11.7 Å². The van der Waals surface area contributed by atoms with Crippen LogP contribution in [-0.2, 0) is 0 Å². The van der Waals surface area contributed by atoms with Gasteiger partial charge in [-0.3, -0.25) is 4.79 Å². The summed E-state index contributed by atoms with van der Waals surface area (Å²) in [7, 11) is 3.92. The highest BCUT2D eigenvalue weighted by atomic mass is 35.5. The Kier molecular flexibility index (Phi) is 4.47. The van der Waals surface area contributed by atoms with Gasteiger partial charge in [0.15, 0.2) is 0 Å². The second-order valence-electron chi connectivity index (χ2n) is 5.73. The average Bonchev–Trinajstić information content (AvgIpc) is 2.85. The van der Waals surface area contributed by atoms with Crippen molar-refractivity contribution < 1.29 is 9.18 Å². The third-order valence-electron chi connectivity index (χ3n) is 3.77. The number of carbonyl (C=O) groups excluding carboxylic acids is 1. The van der Waals surface area contributed by atoms with Gasteiger partial charge in [0, 0.05) is 35.6 Å². The van der Waals surface area contributed by atoms with Crippen molar-refractivity contribution in [3.8, 4) is 0 Å². The van der Waals surface area contributed by atoms with Crippen LogP contribution >= 0.6 is 22.9 Å². The van der Waals surface area contributed by atoms with Gasteiger partial charge in [0.25, 0.3) is 5.91 Å². The number of aryl methyl sites for hydroxylation is 1. The lowest BCUT2D eigenvalue weighted by Gasteiger charge is -2.15. The van der Waals surface area contributed by atoms with Crippen LogP contribution in [-0.4, -0.2) is 20.0 Å². The van der Waals surface area contributed by atoms with Gasteiger partial charge in [0.05, 0.1) is 5.02 Å². The molecular formula is C18H16ClFN2OS.